The fourth-order valence-corrected chi connectivity index (χ4v) is 4.45. The van der Waals surface area contributed by atoms with E-state index in [1.54, 1.807) is 41.3 Å². The Bertz CT molecular complexity index is 972. The second-order valence-electron chi connectivity index (χ2n) is 6.29. The molecule has 0 saturated carbocycles. The van der Waals surface area contributed by atoms with Gasteiger partial charge in [-0.2, -0.15) is 9.57 Å². The average molecular weight is 399 g/mol. The van der Waals surface area contributed by atoms with E-state index in [-0.39, 0.29) is 23.9 Å². The van der Waals surface area contributed by atoms with Crippen molar-refractivity contribution in [3.05, 3.63) is 59.7 Å². The van der Waals surface area contributed by atoms with E-state index in [1.807, 2.05) is 13.0 Å². The molecule has 0 aliphatic carbocycles. The Morgan fingerprint density at radius 2 is 1.64 bits per heavy atom. The predicted octanol–water partition coefficient (Wildman–Crippen LogP) is 2.10. The van der Waals surface area contributed by atoms with Crippen molar-refractivity contribution in [3.8, 4) is 11.8 Å². The van der Waals surface area contributed by atoms with Crippen LogP contribution in [0.5, 0.6) is 5.75 Å². The van der Waals surface area contributed by atoms with Crippen LogP contribution in [0.25, 0.3) is 0 Å². The molecule has 7 nitrogen and oxygen atoms in total. The maximum Gasteiger partial charge on any atom is 0.253 e. The lowest BCUT2D eigenvalue weighted by Gasteiger charge is -2.34. The van der Waals surface area contributed by atoms with Crippen LogP contribution >= 0.6 is 0 Å². The standard InChI is InChI=1S/C20H21N3O4S/c1-2-27-18-7-9-19(10-8-18)28(25,26)23-13-11-22(12-14-23)20(24)17-5-3-16(15-21)4-6-17/h3-10H,2,11-14H2,1H3. The Labute approximate surface area is 164 Å². The molecule has 1 aliphatic heterocycles. The van der Waals surface area contributed by atoms with Crippen LogP contribution < -0.4 is 4.74 Å². The Kier molecular flexibility index (Phi) is 5.97. The third-order valence-electron chi connectivity index (χ3n) is 4.56. The largest absolute Gasteiger partial charge is 0.494 e. The Morgan fingerprint density at radius 1 is 1.04 bits per heavy atom. The zero-order chi connectivity index (χ0) is 20.1. The number of nitriles is 1. The number of benzene rings is 2. The van der Waals surface area contributed by atoms with Crippen LogP contribution in [0.4, 0.5) is 0 Å². The zero-order valence-electron chi connectivity index (χ0n) is 15.5. The number of carbonyl (C=O) groups excluding carboxylic acids is 1. The molecule has 0 unspecified atom stereocenters. The van der Waals surface area contributed by atoms with Crippen molar-refractivity contribution in [1.82, 2.24) is 9.21 Å². The quantitative estimate of drug-likeness (QED) is 0.768. The second-order valence-corrected chi connectivity index (χ2v) is 8.23. The summed E-state index contributed by atoms with van der Waals surface area (Å²) in [6.45, 7) is 3.48. The molecule has 0 aromatic heterocycles. The molecule has 28 heavy (non-hydrogen) atoms. The van der Waals surface area contributed by atoms with Gasteiger partial charge in [-0.25, -0.2) is 8.42 Å². The second kappa shape index (κ2) is 8.42. The zero-order valence-corrected chi connectivity index (χ0v) is 16.4. The molecular formula is C20H21N3O4S. The predicted molar refractivity (Wildman–Crippen MR) is 103 cm³/mol. The topological polar surface area (TPSA) is 90.7 Å². The van der Waals surface area contributed by atoms with E-state index in [1.165, 1.54) is 16.4 Å². The molecule has 146 valence electrons. The number of carbonyl (C=O) groups is 1. The van der Waals surface area contributed by atoms with E-state index in [0.29, 0.717) is 36.6 Å². The first-order valence-electron chi connectivity index (χ1n) is 8.98. The van der Waals surface area contributed by atoms with Crippen LogP contribution in [0.15, 0.2) is 53.4 Å². The fraction of sp³-hybridized carbons (Fsp3) is 0.300. The lowest BCUT2D eigenvalue weighted by atomic mass is 10.1. The number of piperazine rings is 1. The molecule has 1 amide bonds. The molecule has 1 heterocycles. The van der Waals surface area contributed by atoms with Gasteiger partial charge in [0.2, 0.25) is 10.0 Å². The molecule has 0 radical (unpaired) electrons. The van der Waals surface area contributed by atoms with Crippen molar-refractivity contribution in [2.24, 2.45) is 0 Å². The molecule has 2 aromatic carbocycles. The molecule has 1 saturated heterocycles. The highest BCUT2D eigenvalue weighted by atomic mass is 32.2. The minimum Gasteiger partial charge on any atom is -0.494 e. The number of sulfonamides is 1. The number of ether oxygens (including phenoxy) is 1. The first kappa shape index (κ1) is 19.9. The molecule has 3 rings (SSSR count). The summed E-state index contributed by atoms with van der Waals surface area (Å²) in [6.07, 6.45) is 0. The van der Waals surface area contributed by atoms with Crippen LogP contribution in [-0.4, -0.2) is 56.3 Å². The molecule has 0 bridgehead atoms. The minimum atomic E-state index is -3.61. The molecule has 0 N–H and O–H groups in total. The van der Waals surface area contributed by atoms with E-state index in [4.69, 9.17) is 10.00 Å². The third-order valence-corrected chi connectivity index (χ3v) is 6.47. The highest BCUT2D eigenvalue weighted by molar-refractivity contribution is 7.89. The summed E-state index contributed by atoms with van der Waals surface area (Å²) in [4.78, 5) is 14.4. The maximum atomic E-state index is 12.8. The SMILES string of the molecule is CCOc1ccc(S(=O)(=O)N2CCN(C(=O)c3ccc(C#N)cc3)CC2)cc1. The van der Waals surface area contributed by atoms with Crippen LogP contribution in [-0.2, 0) is 10.0 Å². The number of amides is 1. The monoisotopic (exact) mass is 399 g/mol. The summed E-state index contributed by atoms with van der Waals surface area (Å²) in [5, 5.41) is 8.84. The third kappa shape index (κ3) is 4.16. The molecular weight excluding hydrogens is 378 g/mol. The van der Waals surface area contributed by atoms with Gasteiger partial charge in [0, 0.05) is 31.7 Å². The van der Waals surface area contributed by atoms with Gasteiger partial charge in [0.15, 0.2) is 0 Å². The van der Waals surface area contributed by atoms with Crippen LogP contribution in [0.3, 0.4) is 0 Å². The number of hydrogen-bond acceptors (Lipinski definition) is 5. The smallest absolute Gasteiger partial charge is 0.253 e. The highest BCUT2D eigenvalue weighted by Crippen LogP contribution is 2.21. The first-order valence-corrected chi connectivity index (χ1v) is 10.4. The van der Waals surface area contributed by atoms with Crippen molar-refractivity contribution < 1.29 is 17.9 Å². The van der Waals surface area contributed by atoms with Crippen molar-refractivity contribution in [1.29, 1.82) is 5.26 Å². The number of hydrogen-bond donors (Lipinski definition) is 0. The maximum absolute atomic E-state index is 12.8. The summed E-state index contributed by atoms with van der Waals surface area (Å²) in [6, 6.07) is 14.8. The highest BCUT2D eigenvalue weighted by Gasteiger charge is 2.30. The molecule has 1 fully saturated rings. The average Bonchev–Trinajstić information content (AvgIpc) is 2.74. The van der Waals surface area contributed by atoms with Crippen LogP contribution in [0, 0.1) is 11.3 Å². The molecule has 8 heteroatoms. The van der Waals surface area contributed by atoms with Gasteiger partial charge in [-0.05, 0) is 55.5 Å². The van der Waals surface area contributed by atoms with Gasteiger partial charge >= 0.3 is 0 Å². The van der Waals surface area contributed by atoms with Crippen LogP contribution in [0.1, 0.15) is 22.8 Å². The molecule has 2 aromatic rings. The summed E-state index contributed by atoms with van der Waals surface area (Å²) in [5.74, 6) is 0.460. The molecule has 0 atom stereocenters. The normalized spacial score (nSPS) is 15.1. The van der Waals surface area contributed by atoms with E-state index < -0.39 is 10.0 Å². The van der Waals surface area contributed by atoms with Crippen molar-refractivity contribution in [2.45, 2.75) is 11.8 Å². The van der Waals surface area contributed by atoms with E-state index in [0.717, 1.165) is 0 Å². The molecule has 0 spiro atoms. The van der Waals surface area contributed by atoms with E-state index >= 15 is 0 Å². The summed E-state index contributed by atoms with van der Waals surface area (Å²) < 4.78 is 32.4. The number of nitrogens with zero attached hydrogens (tertiary/aromatic N) is 3. The lowest BCUT2D eigenvalue weighted by molar-refractivity contribution is 0.0698. The van der Waals surface area contributed by atoms with E-state index in [2.05, 4.69) is 0 Å². The van der Waals surface area contributed by atoms with Crippen molar-refractivity contribution in [3.63, 3.8) is 0 Å². The molecule has 1 aliphatic rings. The Hall–Kier alpha value is -2.89. The van der Waals surface area contributed by atoms with Crippen molar-refractivity contribution in [2.75, 3.05) is 32.8 Å². The lowest BCUT2D eigenvalue weighted by Crippen LogP contribution is -2.50. The van der Waals surface area contributed by atoms with Gasteiger partial charge in [-0.15, -0.1) is 0 Å². The number of rotatable bonds is 5. The van der Waals surface area contributed by atoms with Gasteiger partial charge in [-0.1, -0.05) is 0 Å². The van der Waals surface area contributed by atoms with Gasteiger partial charge in [0.05, 0.1) is 23.1 Å². The fourth-order valence-electron chi connectivity index (χ4n) is 3.03. The Morgan fingerprint density at radius 3 is 2.18 bits per heavy atom. The first-order chi connectivity index (χ1) is 13.5. The van der Waals surface area contributed by atoms with Crippen molar-refractivity contribution >= 4 is 15.9 Å². The van der Waals surface area contributed by atoms with E-state index in [9.17, 15) is 13.2 Å². The summed E-state index contributed by atoms with van der Waals surface area (Å²) in [5.41, 5.74) is 0.977. The summed E-state index contributed by atoms with van der Waals surface area (Å²) in [7, 11) is -3.61. The van der Waals surface area contributed by atoms with Gasteiger partial charge in [0.1, 0.15) is 5.75 Å². The van der Waals surface area contributed by atoms with Gasteiger partial charge in [0.25, 0.3) is 5.91 Å². The summed E-state index contributed by atoms with van der Waals surface area (Å²) >= 11 is 0. The Balaban J connectivity index is 1.65. The van der Waals surface area contributed by atoms with Gasteiger partial charge in [-0.3, -0.25) is 4.79 Å². The van der Waals surface area contributed by atoms with Crippen LogP contribution in [0.2, 0.25) is 0 Å². The minimum absolute atomic E-state index is 0.164. The van der Waals surface area contributed by atoms with Gasteiger partial charge < -0.3 is 9.64 Å².